The number of carbonyl (C=O) groups is 2. The van der Waals surface area contributed by atoms with Crippen molar-refractivity contribution in [2.75, 3.05) is 39.3 Å². The molecule has 3 amide bonds. The molecule has 2 aliphatic rings. The standard InChI is InChI=1S/C12H22N4O2/c1-10(17)14-11-2-5-15(6-3-11)8-9-16-7-4-13-12(16)18/h11H,2-9H2,1H3,(H,13,18)(H,14,17). The van der Waals surface area contributed by atoms with Crippen molar-refractivity contribution in [3.05, 3.63) is 0 Å². The zero-order valence-electron chi connectivity index (χ0n) is 10.9. The SMILES string of the molecule is CC(=O)NC1CCN(CCN2CCNC2=O)CC1. The molecule has 6 nitrogen and oxygen atoms in total. The molecule has 2 fully saturated rings. The van der Waals surface area contributed by atoms with Crippen LogP contribution in [-0.2, 0) is 4.79 Å². The molecule has 2 aliphatic heterocycles. The molecule has 0 aromatic heterocycles. The van der Waals surface area contributed by atoms with E-state index in [9.17, 15) is 9.59 Å². The Morgan fingerprint density at radius 2 is 2.06 bits per heavy atom. The average molecular weight is 254 g/mol. The van der Waals surface area contributed by atoms with Gasteiger partial charge in [-0.2, -0.15) is 0 Å². The van der Waals surface area contributed by atoms with Crippen LogP contribution in [0.2, 0.25) is 0 Å². The van der Waals surface area contributed by atoms with E-state index in [2.05, 4.69) is 15.5 Å². The van der Waals surface area contributed by atoms with Crippen molar-refractivity contribution in [3.63, 3.8) is 0 Å². The number of carbonyl (C=O) groups excluding carboxylic acids is 2. The lowest BCUT2D eigenvalue weighted by molar-refractivity contribution is -0.119. The van der Waals surface area contributed by atoms with E-state index in [4.69, 9.17) is 0 Å². The van der Waals surface area contributed by atoms with Gasteiger partial charge >= 0.3 is 6.03 Å². The normalized spacial score (nSPS) is 22.1. The predicted molar refractivity (Wildman–Crippen MR) is 68.3 cm³/mol. The summed E-state index contributed by atoms with van der Waals surface area (Å²) in [4.78, 5) is 26.5. The Kier molecular flexibility index (Phi) is 4.41. The van der Waals surface area contributed by atoms with Gasteiger partial charge in [-0.15, -0.1) is 0 Å². The first-order valence-corrected chi connectivity index (χ1v) is 6.67. The summed E-state index contributed by atoms with van der Waals surface area (Å²) in [6.07, 6.45) is 2.01. The Bertz CT molecular complexity index is 313. The van der Waals surface area contributed by atoms with E-state index in [1.807, 2.05) is 4.90 Å². The summed E-state index contributed by atoms with van der Waals surface area (Å²) >= 11 is 0. The number of nitrogens with one attached hydrogen (secondary N) is 2. The van der Waals surface area contributed by atoms with Crippen molar-refractivity contribution in [2.45, 2.75) is 25.8 Å². The highest BCUT2D eigenvalue weighted by Crippen LogP contribution is 2.10. The molecule has 18 heavy (non-hydrogen) atoms. The van der Waals surface area contributed by atoms with E-state index in [1.165, 1.54) is 0 Å². The molecule has 0 atom stereocenters. The third kappa shape index (κ3) is 3.60. The Balaban J connectivity index is 1.64. The van der Waals surface area contributed by atoms with Gasteiger partial charge in [-0.25, -0.2) is 4.79 Å². The number of amides is 3. The maximum absolute atomic E-state index is 11.4. The van der Waals surface area contributed by atoms with Crippen LogP contribution in [0.4, 0.5) is 4.79 Å². The Morgan fingerprint density at radius 3 is 2.61 bits per heavy atom. The summed E-state index contributed by atoms with van der Waals surface area (Å²) in [6, 6.07) is 0.386. The molecule has 0 radical (unpaired) electrons. The van der Waals surface area contributed by atoms with Gasteiger partial charge in [-0.1, -0.05) is 0 Å². The molecule has 0 spiro atoms. The highest BCUT2D eigenvalue weighted by Gasteiger charge is 2.22. The van der Waals surface area contributed by atoms with Crippen LogP contribution in [0.15, 0.2) is 0 Å². The number of rotatable bonds is 4. The number of piperidine rings is 1. The number of hydrogen-bond donors (Lipinski definition) is 2. The molecule has 2 saturated heterocycles. The lowest BCUT2D eigenvalue weighted by Crippen LogP contribution is -2.46. The molecule has 0 unspecified atom stereocenters. The van der Waals surface area contributed by atoms with Gasteiger partial charge in [0.2, 0.25) is 5.91 Å². The monoisotopic (exact) mass is 254 g/mol. The Labute approximate surface area is 108 Å². The van der Waals surface area contributed by atoms with Gasteiger partial charge in [0.15, 0.2) is 0 Å². The minimum Gasteiger partial charge on any atom is -0.354 e. The fraction of sp³-hybridized carbons (Fsp3) is 0.833. The van der Waals surface area contributed by atoms with E-state index in [0.717, 1.165) is 52.1 Å². The van der Waals surface area contributed by atoms with Crippen LogP contribution < -0.4 is 10.6 Å². The van der Waals surface area contributed by atoms with Crippen LogP contribution in [-0.4, -0.2) is 67.0 Å². The summed E-state index contributed by atoms with van der Waals surface area (Å²) < 4.78 is 0. The maximum Gasteiger partial charge on any atom is 0.317 e. The highest BCUT2D eigenvalue weighted by atomic mass is 16.2. The van der Waals surface area contributed by atoms with E-state index in [-0.39, 0.29) is 11.9 Å². The minimum absolute atomic E-state index is 0.0576. The molecule has 2 N–H and O–H groups in total. The summed E-state index contributed by atoms with van der Waals surface area (Å²) in [5.74, 6) is 0.0576. The second-order valence-corrected chi connectivity index (χ2v) is 5.04. The number of likely N-dealkylation sites (tertiary alicyclic amines) is 1. The molecule has 0 aromatic rings. The van der Waals surface area contributed by atoms with Crippen molar-refractivity contribution in [1.29, 1.82) is 0 Å². The van der Waals surface area contributed by atoms with Gasteiger partial charge in [0.1, 0.15) is 0 Å². The lowest BCUT2D eigenvalue weighted by Gasteiger charge is -2.32. The molecular weight excluding hydrogens is 232 g/mol. The van der Waals surface area contributed by atoms with Crippen molar-refractivity contribution in [2.24, 2.45) is 0 Å². The molecule has 102 valence electrons. The summed E-state index contributed by atoms with van der Waals surface area (Å²) in [5, 5.41) is 5.77. The van der Waals surface area contributed by atoms with Crippen LogP contribution in [0.1, 0.15) is 19.8 Å². The fourth-order valence-corrected chi connectivity index (χ4v) is 2.57. The number of urea groups is 1. The first kappa shape index (κ1) is 13.1. The lowest BCUT2D eigenvalue weighted by atomic mass is 10.1. The topological polar surface area (TPSA) is 64.7 Å². The van der Waals surface area contributed by atoms with Crippen molar-refractivity contribution in [3.8, 4) is 0 Å². The van der Waals surface area contributed by atoms with Gasteiger partial charge in [-0.3, -0.25) is 4.79 Å². The van der Waals surface area contributed by atoms with E-state index in [0.29, 0.717) is 6.04 Å². The van der Waals surface area contributed by atoms with Gasteiger partial charge in [0.25, 0.3) is 0 Å². The Morgan fingerprint density at radius 1 is 1.33 bits per heavy atom. The van der Waals surface area contributed by atoms with Crippen molar-refractivity contribution >= 4 is 11.9 Å². The van der Waals surface area contributed by atoms with Crippen LogP contribution in [0.25, 0.3) is 0 Å². The first-order valence-electron chi connectivity index (χ1n) is 6.67. The van der Waals surface area contributed by atoms with E-state index in [1.54, 1.807) is 6.92 Å². The third-order valence-electron chi connectivity index (χ3n) is 3.63. The van der Waals surface area contributed by atoms with Gasteiger partial charge in [0, 0.05) is 52.2 Å². The Hall–Kier alpha value is -1.30. The van der Waals surface area contributed by atoms with E-state index < -0.39 is 0 Å². The number of nitrogens with zero attached hydrogens (tertiary/aromatic N) is 2. The van der Waals surface area contributed by atoms with Crippen molar-refractivity contribution in [1.82, 2.24) is 20.4 Å². The largest absolute Gasteiger partial charge is 0.354 e. The highest BCUT2D eigenvalue weighted by molar-refractivity contribution is 5.76. The fourth-order valence-electron chi connectivity index (χ4n) is 2.57. The second kappa shape index (κ2) is 6.04. The average Bonchev–Trinajstić information content (AvgIpc) is 2.73. The third-order valence-corrected chi connectivity index (χ3v) is 3.63. The van der Waals surface area contributed by atoms with Gasteiger partial charge in [-0.05, 0) is 12.8 Å². The summed E-state index contributed by atoms with van der Waals surface area (Å²) in [6.45, 7) is 6.89. The van der Waals surface area contributed by atoms with Gasteiger partial charge in [0.05, 0.1) is 0 Å². The van der Waals surface area contributed by atoms with Crippen LogP contribution in [0.5, 0.6) is 0 Å². The second-order valence-electron chi connectivity index (χ2n) is 5.04. The van der Waals surface area contributed by atoms with Crippen LogP contribution in [0, 0.1) is 0 Å². The molecule has 6 heteroatoms. The molecular formula is C12H22N4O2. The molecule has 0 aliphatic carbocycles. The summed E-state index contributed by atoms with van der Waals surface area (Å²) in [5.41, 5.74) is 0. The van der Waals surface area contributed by atoms with Crippen LogP contribution >= 0.6 is 0 Å². The first-order chi connectivity index (χ1) is 8.65. The predicted octanol–water partition coefficient (Wildman–Crippen LogP) is -0.388. The molecule has 2 heterocycles. The van der Waals surface area contributed by atoms with Crippen LogP contribution in [0.3, 0.4) is 0 Å². The zero-order chi connectivity index (χ0) is 13.0. The van der Waals surface area contributed by atoms with E-state index >= 15 is 0 Å². The smallest absolute Gasteiger partial charge is 0.317 e. The minimum atomic E-state index is 0.0576. The number of hydrogen-bond acceptors (Lipinski definition) is 3. The van der Waals surface area contributed by atoms with Crippen molar-refractivity contribution < 1.29 is 9.59 Å². The molecule has 2 rings (SSSR count). The quantitative estimate of drug-likeness (QED) is 0.718. The molecule has 0 saturated carbocycles. The molecule has 0 aromatic carbocycles. The molecule has 0 bridgehead atoms. The summed E-state index contributed by atoms with van der Waals surface area (Å²) in [7, 11) is 0. The van der Waals surface area contributed by atoms with Gasteiger partial charge < -0.3 is 20.4 Å². The zero-order valence-corrected chi connectivity index (χ0v) is 10.9. The maximum atomic E-state index is 11.4.